The van der Waals surface area contributed by atoms with Crippen molar-refractivity contribution in [3.05, 3.63) is 113 Å². The van der Waals surface area contributed by atoms with Crippen LogP contribution in [0.5, 0.6) is 5.75 Å². The molecular weight excluding hydrogens is 809 g/mol. The van der Waals surface area contributed by atoms with Crippen LogP contribution in [0.15, 0.2) is 105 Å². The number of carbonyl (C=O) groups excluding carboxylic acids is 3. The molecule has 2 amide bonds. The van der Waals surface area contributed by atoms with Gasteiger partial charge in [0.05, 0.1) is 17.7 Å². The highest BCUT2D eigenvalue weighted by Crippen LogP contribution is 2.30. The third-order valence-corrected chi connectivity index (χ3v) is 12.0. The predicted octanol–water partition coefficient (Wildman–Crippen LogP) is 2.79. The normalized spacial score (nSPS) is 12.1. The van der Waals surface area contributed by atoms with Gasteiger partial charge in [-0.25, -0.2) is 21.6 Å². The number of anilines is 2. The fourth-order valence-electron chi connectivity index (χ4n) is 4.77. The molecule has 0 atom stereocenters. The number of amides is 2. The topological polar surface area (TPSA) is 290 Å². The van der Waals surface area contributed by atoms with E-state index in [1.807, 2.05) is 0 Å². The number of hydrogen-bond donors (Lipinski definition) is 4. The van der Waals surface area contributed by atoms with Crippen LogP contribution >= 0.6 is 0 Å². The summed E-state index contributed by atoms with van der Waals surface area (Å²) in [7, 11) is -18.1. The van der Waals surface area contributed by atoms with Gasteiger partial charge in [-0.3, -0.25) is 23.5 Å². The zero-order chi connectivity index (χ0) is 40.9. The molecule has 0 radical (unpaired) electrons. The molecule has 0 aromatic heterocycles. The summed E-state index contributed by atoms with van der Waals surface area (Å²) in [4.78, 5) is 45.9. The van der Waals surface area contributed by atoms with Crippen molar-refractivity contribution in [2.45, 2.75) is 14.7 Å². The molecule has 55 heavy (non-hydrogen) atoms. The molecule has 18 nitrogen and oxygen atoms in total. The summed E-state index contributed by atoms with van der Waals surface area (Å²) in [6, 6.07) is 14.8. The summed E-state index contributed by atoms with van der Waals surface area (Å²) >= 11 is 0. The van der Waals surface area contributed by atoms with E-state index in [0.29, 0.717) is 11.8 Å². The van der Waals surface area contributed by atoms with Crippen LogP contribution in [0.2, 0.25) is 0 Å². The highest BCUT2D eigenvalue weighted by Gasteiger charge is 2.31. The smallest absolute Gasteiger partial charge is 0.319 e. The summed E-state index contributed by atoms with van der Waals surface area (Å²) in [5.41, 5.74) is -1.85. The van der Waals surface area contributed by atoms with Gasteiger partial charge in [-0.15, -0.1) is 0 Å². The number of benzene rings is 4. The quantitative estimate of drug-likeness (QED) is 0.0807. The lowest BCUT2D eigenvalue weighted by Crippen LogP contribution is -2.36. The fraction of sp³-hybridized carbons (Fsp3) is 0.0606. The number of carboxylic acid groups (broad SMARTS) is 1. The molecule has 0 heterocycles. The third-order valence-electron chi connectivity index (χ3n) is 7.26. The van der Waals surface area contributed by atoms with Crippen LogP contribution in [-0.2, 0) is 49.7 Å². The second-order valence-electron chi connectivity index (χ2n) is 11.0. The number of carboxylic acids is 1. The van der Waals surface area contributed by atoms with E-state index < -0.39 is 79.1 Å². The van der Waals surface area contributed by atoms with Gasteiger partial charge in [-0.2, -0.15) is 21.1 Å². The molecule has 4 N–H and O–H groups in total. The summed E-state index contributed by atoms with van der Waals surface area (Å²) in [6.45, 7) is 0. The Balaban J connectivity index is 1.71. The number of hydrogen-bond acceptors (Lipinski definition) is 13. The minimum atomic E-state index is -5.22. The van der Waals surface area contributed by atoms with Crippen molar-refractivity contribution in [2.24, 2.45) is 0 Å². The Morgan fingerprint density at radius 1 is 0.745 bits per heavy atom. The number of methoxy groups -OCH3 is 1. The molecule has 4 aromatic carbocycles. The molecule has 0 saturated carbocycles. The van der Waals surface area contributed by atoms with Gasteiger partial charge in [0, 0.05) is 16.8 Å². The molecular formula is C33H26N2O16S4. The Morgan fingerprint density at radius 2 is 1.27 bits per heavy atom. The van der Waals surface area contributed by atoms with Crippen LogP contribution in [0.3, 0.4) is 0 Å². The predicted molar refractivity (Wildman–Crippen MR) is 195 cm³/mol. The summed E-state index contributed by atoms with van der Waals surface area (Å²) in [5, 5.41) is 11.2. The first-order valence-electron chi connectivity index (χ1n) is 14.8. The van der Waals surface area contributed by atoms with Crippen molar-refractivity contribution in [1.29, 1.82) is 0 Å². The third kappa shape index (κ3) is 10.2. The monoisotopic (exact) mass is 834 g/mol. The molecule has 0 unspecified atom stereocenters. The second kappa shape index (κ2) is 16.2. The first-order chi connectivity index (χ1) is 25.6. The lowest BCUT2D eigenvalue weighted by atomic mass is 10.1. The minimum Gasteiger partial charge on any atom is -0.497 e. The fourth-order valence-corrected chi connectivity index (χ4v) is 8.20. The Bertz CT molecular complexity index is 2720. The molecule has 4 aromatic rings. The average Bonchev–Trinajstić information content (AvgIpc) is 3.10. The van der Waals surface area contributed by atoms with Crippen LogP contribution in [-0.4, -0.2) is 84.5 Å². The molecule has 0 aliphatic carbocycles. The molecule has 0 aliphatic rings. The molecule has 4 rings (SSSR count). The number of nitrogens with zero attached hydrogens (tertiary/aromatic N) is 1. The van der Waals surface area contributed by atoms with Gasteiger partial charge in [-0.05, 0) is 83.9 Å². The number of sulfone groups is 1. The first-order valence-corrected chi connectivity index (χ1v) is 20.8. The van der Waals surface area contributed by atoms with E-state index in [1.54, 1.807) is 0 Å². The molecule has 0 fully saturated rings. The highest BCUT2D eigenvalue weighted by molar-refractivity contribution is 7.96. The van der Waals surface area contributed by atoms with Crippen LogP contribution < -0.4 is 14.4 Å². The number of carbonyl (C=O) groups is 3. The van der Waals surface area contributed by atoms with Crippen molar-refractivity contribution in [3.63, 3.8) is 0 Å². The largest absolute Gasteiger partial charge is 0.497 e. The Morgan fingerprint density at radius 3 is 1.78 bits per heavy atom. The maximum atomic E-state index is 13.4. The van der Waals surface area contributed by atoms with E-state index in [9.17, 15) is 62.0 Å². The number of ether oxygens (including phenoxy) is 1. The average molecular weight is 835 g/mol. The lowest BCUT2D eigenvalue weighted by Gasteiger charge is -2.21. The SMILES string of the molecule is COc1ccc(C(=O)N(c2ccc(C=Cc3ccc(NC(=O)c4ccc(S(=O)(=O)CC(=O)O)cc4)cc3S(=O)(=O)O)c(S(=O)(=O)O)c2)S(=O)(=O)C=C=O)cc1. The van der Waals surface area contributed by atoms with Crippen LogP contribution in [0.1, 0.15) is 31.8 Å². The van der Waals surface area contributed by atoms with Gasteiger partial charge < -0.3 is 15.2 Å². The molecule has 0 saturated heterocycles. The summed E-state index contributed by atoms with van der Waals surface area (Å²) < 4.78 is 125. The first kappa shape index (κ1) is 41.8. The summed E-state index contributed by atoms with van der Waals surface area (Å²) in [5.74, 6) is -3.53. The maximum absolute atomic E-state index is 13.4. The zero-order valence-corrected chi connectivity index (χ0v) is 31.0. The van der Waals surface area contributed by atoms with Crippen LogP contribution in [0.25, 0.3) is 12.2 Å². The van der Waals surface area contributed by atoms with Crippen molar-refractivity contribution in [3.8, 4) is 5.75 Å². The van der Waals surface area contributed by atoms with Gasteiger partial charge in [0.2, 0.25) is 0 Å². The lowest BCUT2D eigenvalue weighted by molar-refractivity contribution is -0.134. The van der Waals surface area contributed by atoms with E-state index in [1.165, 1.54) is 37.4 Å². The van der Waals surface area contributed by atoms with E-state index in [2.05, 4.69) is 5.32 Å². The second-order valence-corrected chi connectivity index (χ2v) is 17.4. The Kier molecular flexibility index (Phi) is 12.3. The molecule has 0 bridgehead atoms. The van der Waals surface area contributed by atoms with Crippen LogP contribution in [0.4, 0.5) is 11.4 Å². The Labute approximate surface area is 313 Å². The summed E-state index contributed by atoms with van der Waals surface area (Å²) in [6.07, 6.45) is 1.95. The van der Waals surface area contributed by atoms with Crippen molar-refractivity contribution in [2.75, 3.05) is 22.5 Å². The van der Waals surface area contributed by atoms with Gasteiger partial charge in [0.15, 0.2) is 15.6 Å². The number of sulfonamides is 1. The van der Waals surface area contributed by atoms with E-state index in [0.717, 1.165) is 66.6 Å². The number of nitrogens with one attached hydrogen (secondary N) is 1. The molecule has 0 spiro atoms. The van der Waals surface area contributed by atoms with Crippen LogP contribution in [0, 0.1) is 0 Å². The molecule has 0 aliphatic heterocycles. The van der Waals surface area contributed by atoms with Crippen molar-refractivity contribution in [1.82, 2.24) is 0 Å². The van der Waals surface area contributed by atoms with Gasteiger partial charge >= 0.3 is 5.97 Å². The van der Waals surface area contributed by atoms with Gasteiger partial charge in [-0.1, -0.05) is 24.3 Å². The highest BCUT2D eigenvalue weighted by atomic mass is 32.2. The number of rotatable bonds is 14. The maximum Gasteiger partial charge on any atom is 0.319 e. The zero-order valence-electron chi connectivity index (χ0n) is 27.8. The minimum absolute atomic E-state index is 0.0195. The van der Waals surface area contributed by atoms with Crippen molar-refractivity contribution < 1.29 is 71.8 Å². The Hall–Kier alpha value is -6.00. The molecule has 22 heteroatoms. The van der Waals surface area contributed by atoms with E-state index in [4.69, 9.17) is 9.84 Å². The van der Waals surface area contributed by atoms with Crippen molar-refractivity contribution >= 4 is 87.3 Å². The van der Waals surface area contributed by atoms with Gasteiger partial charge in [0.1, 0.15) is 26.9 Å². The standard InChI is InChI=1S/C33H26N2O16S4/c1-51-27-12-6-24(7-13-27)33(40)35(53(43,44)17-16-36)26-11-5-22(30(19-26)55(48,49)50)3-2-21-4-10-25(18-29(21)54(45,46)47)34-32(39)23-8-14-28(15-9-23)52(41,42)20-31(37)38/h2-15,17-19H,20H2,1H3,(H,34,39)(H,37,38)(H,45,46,47)(H,48,49,50). The van der Waals surface area contributed by atoms with E-state index in [-0.39, 0.29) is 42.5 Å². The number of aliphatic carboxylic acids is 1. The van der Waals surface area contributed by atoms with E-state index >= 15 is 0 Å². The molecule has 288 valence electrons. The van der Waals surface area contributed by atoms with Gasteiger partial charge in [0.25, 0.3) is 42.1 Å².